The van der Waals surface area contributed by atoms with E-state index in [2.05, 4.69) is 11.4 Å². The van der Waals surface area contributed by atoms with E-state index in [1.54, 1.807) is 54.7 Å². The van der Waals surface area contributed by atoms with Gasteiger partial charge in [-0.3, -0.25) is 9.59 Å². The van der Waals surface area contributed by atoms with Crippen molar-refractivity contribution in [3.8, 4) is 17.2 Å². The maximum atomic E-state index is 13.7. The molecule has 5 rings (SSSR count). The molecule has 2 aromatic carbocycles. The Bertz CT molecular complexity index is 1220. The Kier molecular flexibility index (Phi) is 7.13. The predicted octanol–water partition coefficient (Wildman–Crippen LogP) is 4.57. The van der Waals surface area contributed by atoms with Crippen LogP contribution in [0, 0.1) is 0 Å². The van der Waals surface area contributed by atoms with Crippen molar-refractivity contribution in [1.82, 2.24) is 9.80 Å². The molecule has 1 aromatic heterocycles. The lowest BCUT2D eigenvalue weighted by molar-refractivity contribution is -0.135. The summed E-state index contributed by atoms with van der Waals surface area (Å²) in [7, 11) is 3.22. The Morgan fingerprint density at radius 2 is 1.75 bits per heavy atom. The van der Waals surface area contributed by atoms with Crippen LogP contribution >= 0.6 is 11.3 Å². The summed E-state index contributed by atoms with van der Waals surface area (Å²) < 4.78 is 16.7. The molecule has 1 aliphatic carbocycles. The first-order chi connectivity index (χ1) is 17.6. The van der Waals surface area contributed by atoms with Crippen molar-refractivity contribution in [2.45, 2.75) is 31.3 Å². The number of rotatable bonds is 9. The second-order valence-electron chi connectivity index (χ2n) is 9.03. The van der Waals surface area contributed by atoms with Gasteiger partial charge < -0.3 is 24.0 Å². The van der Waals surface area contributed by atoms with Crippen molar-refractivity contribution in [2.75, 3.05) is 33.9 Å². The van der Waals surface area contributed by atoms with Crippen molar-refractivity contribution in [1.29, 1.82) is 0 Å². The molecule has 0 unspecified atom stereocenters. The fourth-order valence-corrected chi connectivity index (χ4v) is 5.56. The number of nitrogens with zero attached hydrogens (tertiary/aromatic N) is 2. The zero-order chi connectivity index (χ0) is 25.1. The van der Waals surface area contributed by atoms with Crippen LogP contribution in [0.5, 0.6) is 17.2 Å². The number of carbonyl (C=O) groups is 2. The second kappa shape index (κ2) is 10.6. The van der Waals surface area contributed by atoms with Gasteiger partial charge in [-0.2, -0.15) is 0 Å². The van der Waals surface area contributed by atoms with Crippen LogP contribution in [0.3, 0.4) is 0 Å². The molecule has 7 nitrogen and oxygen atoms in total. The molecule has 36 heavy (non-hydrogen) atoms. The first-order valence-electron chi connectivity index (χ1n) is 12.1. The van der Waals surface area contributed by atoms with Crippen LogP contribution in [0.2, 0.25) is 0 Å². The summed E-state index contributed by atoms with van der Waals surface area (Å²) in [6.07, 6.45) is 2.66. The molecule has 1 atom stereocenters. The van der Waals surface area contributed by atoms with Gasteiger partial charge in [0.1, 0.15) is 30.4 Å². The average Bonchev–Trinajstić information content (AvgIpc) is 3.65. The molecule has 2 heterocycles. The van der Waals surface area contributed by atoms with E-state index in [9.17, 15) is 9.59 Å². The van der Waals surface area contributed by atoms with E-state index in [0.29, 0.717) is 30.2 Å². The molecule has 1 saturated carbocycles. The summed E-state index contributed by atoms with van der Waals surface area (Å²) in [4.78, 5) is 31.9. The van der Waals surface area contributed by atoms with E-state index in [4.69, 9.17) is 14.2 Å². The zero-order valence-electron chi connectivity index (χ0n) is 20.5. The SMILES string of the molecule is COc1ccc(C(=O)N(CC(=O)N2CCc3sccc3[C@H]2COc2cccc(OC)c2)C2CC2)cc1. The average molecular weight is 507 g/mol. The number of ether oxygens (including phenoxy) is 3. The number of amides is 2. The van der Waals surface area contributed by atoms with Gasteiger partial charge in [0, 0.05) is 29.1 Å². The number of benzene rings is 2. The molecule has 8 heteroatoms. The minimum Gasteiger partial charge on any atom is -0.497 e. The number of fused-ring (bicyclic) bond motifs is 1. The molecule has 1 fully saturated rings. The van der Waals surface area contributed by atoms with Gasteiger partial charge in [-0.1, -0.05) is 6.07 Å². The van der Waals surface area contributed by atoms with Gasteiger partial charge in [0.05, 0.1) is 20.3 Å². The highest BCUT2D eigenvalue weighted by molar-refractivity contribution is 7.10. The second-order valence-corrected chi connectivity index (χ2v) is 10.0. The number of thiophene rings is 1. The van der Waals surface area contributed by atoms with E-state index in [1.165, 1.54) is 4.88 Å². The van der Waals surface area contributed by atoms with Gasteiger partial charge in [0.2, 0.25) is 5.91 Å². The molecule has 188 valence electrons. The minimum atomic E-state index is -0.212. The van der Waals surface area contributed by atoms with Gasteiger partial charge in [-0.05, 0) is 72.7 Å². The number of carbonyl (C=O) groups excluding carboxylic acids is 2. The van der Waals surface area contributed by atoms with Crippen molar-refractivity contribution in [3.05, 3.63) is 76.0 Å². The Morgan fingerprint density at radius 3 is 2.47 bits per heavy atom. The van der Waals surface area contributed by atoms with Gasteiger partial charge in [-0.15, -0.1) is 11.3 Å². The molecule has 0 bridgehead atoms. The summed E-state index contributed by atoms with van der Waals surface area (Å²) in [5.74, 6) is 1.93. The standard InChI is InChI=1S/C28H30N2O5S/c1-33-21-10-6-19(7-11-21)28(32)30(20-8-9-20)17-27(31)29-14-12-26-24(13-15-36-26)25(29)18-35-23-5-3-4-22(16-23)34-2/h3-7,10-11,13,15-16,20,25H,8-9,12,14,17-18H2,1-2H3/t25-/m1/s1. The Labute approximate surface area is 215 Å². The topological polar surface area (TPSA) is 68.3 Å². The van der Waals surface area contributed by atoms with Gasteiger partial charge in [0.15, 0.2) is 0 Å². The largest absolute Gasteiger partial charge is 0.497 e. The van der Waals surface area contributed by atoms with E-state index >= 15 is 0 Å². The van der Waals surface area contributed by atoms with E-state index in [0.717, 1.165) is 30.6 Å². The van der Waals surface area contributed by atoms with E-state index in [1.807, 2.05) is 29.2 Å². The number of hydrogen-bond acceptors (Lipinski definition) is 6. The normalized spacial score (nSPS) is 16.7. The molecule has 2 aliphatic rings. The molecule has 3 aromatic rings. The van der Waals surface area contributed by atoms with Crippen LogP contribution in [-0.2, 0) is 11.2 Å². The fourth-order valence-electron chi connectivity index (χ4n) is 4.63. The van der Waals surface area contributed by atoms with Crippen LogP contribution in [-0.4, -0.2) is 61.6 Å². The van der Waals surface area contributed by atoms with Crippen LogP contribution in [0.25, 0.3) is 0 Å². The van der Waals surface area contributed by atoms with Crippen molar-refractivity contribution in [3.63, 3.8) is 0 Å². The maximum absolute atomic E-state index is 13.7. The summed E-state index contributed by atoms with van der Waals surface area (Å²) >= 11 is 1.72. The third-order valence-corrected chi connectivity index (χ3v) is 7.75. The Balaban J connectivity index is 1.33. The number of methoxy groups -OCH3 is 2. The van der Waals surface area contributed by atoms with Gasteiger partial charge >= 0.3 is 0 Å². The van der Waals surface area contributed by atoms with Crippen LogP contribution in [0.15, 0.2) is 60.0 Å². The molecular weight excluding hydrogens is 476 g/mol. The summed E-state index contributed by atoms with van der Waals surface area (Å²) in [5, 5.41) is 2.07. The molecule has 0 radical (unpaired) electrons. The summed E-state index contributed by atoms with van der Waals surface area (Å²) in [6.45, 7) is 0.997. The van der Waals surface area contributed by atoms with Crippen LogP contribution in [0.1, 0.15) is 39.7 Å². The predicted molar refractivity (Wildman–Crippen MR) is 138 cm³/mol. The van der Waals surface area contributed by atoms with Crippen molar-refractivity contribution >= 4 is 23.2 Å². The van der Waals surface area contributed by atoms with E-state index in [-0.39, 0.29) is 30.4 Å². The molecular formula is C28H30N2O5S. The third kappa shape index (κ3) is 5.18. The first-order valence-corrected chi connectivity index (χ1v) is 13.0. The highest BCUT2D eigenvalue weighted by Gasteiger charge is 2.38. The summed E-state index contributed by atoms with van der Waals surface area (Å²) in [6, 6.07) is 16.5. The monoisotopic (exact) mass is 506 g/mol. The highest BCUT2D eigenvalue weighted by atomic mass is 32.1. The lowest BCUT2D eigenvalue weighted by Gasteiger charge is -2.37. The van der Waals surface area contributed by atoms with Crippen LogP contribution in [0.4, 0.5) is 0 Å². The number of hydrogen-bond donors (Lipinski definition) is 0. The Hall–Kier alpha value is -3.52. The third-order valence-electron chi connectivity index (χ3n) is 6.76. The zero-order valence-corrected chi connectivity index (χ0v) is 21.3. The molecule has 0 saturated heterocycles. The molecule has 1 aliphatic heterocycles. The lowest BCUT2D eigenvalue weighted by atomic mass is 10.0. The highest BCUT2D eigenvalue weighted by Crippen LogP contribution is 2.35. The molecule has 0 spiro atoms. The summed E-state index contributed by atoms with van der Waals surface area (Å²) in [5.41, 5.74) is 1.69. The molecule has 2 amide bonds. The van der Waals surface area contributed by atoms with E-state index < -0.39 is 0 Å². The fraction of sp³-hybridized carbons (Fsp3) is 0.357. The van der Waals surface area contributed by atoms with Gasteiger partial charge in [-0.25, -0.2) is 0 Å². The quantitative estimate of drug-likeness (QED) is 0.425. The van der Waals surface area contributed by atoms with Crippen LogP contribution < -0.4 is 14.2 Å². The Morgan fingerprint density at radius 1 is 1.00 bits per heavy atom. The lowest BCUT2D eigenvalue weighted by Crippen LogP contribution is -2.48. The molecule has 0 N–H and O–H groups in total. The maximum Gasteiger partial charge on any atom is 0.254 e. The first kappa shape index (κ1) is 24.2. The minimum absolute atomic E-state index is 0.0557. The smallest absolute Gasteiger partial charge is 0.254 e. The van der Waals surface area contributed by atoms with Gasteiger partial charge in [0.25, 0.3) is 5.91 Å². The van der Waals surface area contributed by atoms with Crippen molar-refractivity contribution < 1.29 is 23.8 Å². The van der Waals surface area contributed by atoms with Crippen molar-refractivity contribution in [2.24, 2.45) is 0 Å².